The number of amides is 2. The van der Waals surface area contributed by atoms with E-state index < -0.39 is 11.8 Å². The Labute approximate surface area is 55.6 Å². The van der Waals surface area contributed by atoms with Crippen molar-refractivity contribution in [2.45, 2.75) is 12.8 Å². The zero-order chi connectivity index (χ0) is 6.15. The van der Waals surface area contributed by atoms with Crippen molar-refractivity contribution in [3.8, 4) is 0 Å². The zero-order valence-corrected chi connectivity index (χ0v) is 4.13. The second-order valence-electron chi connectivity index (χ2n) is 1.60. The van der Waals surface area contributed by atoms with E-state index in [1.807, 2.05) is 0 Å². The van der Waals surface area contributed by atoms with E-state index in [-0.39, 0.29) is 28.0 Å². The van der Waals surface area contributed by atoms with Gasteiger partial charge in [-0.1, -0.05) is 0 Å². The van der Waals surface area contributed by atoms with E-state index in [0.717, 1.165) is 0 Å². The summed E-state index contributed by atoms with van der Waals surface area (Å²) in [6.07, 6.45) is 0.296. The Morgan fingerprint density at radius 3 is 1.67 bits per heavy atom. The van der Waals surface area contributed by atoms with Gasteiger partial charge in [-0.05, 0) is 0 Å². The number of hydroxylamine groups is 2. The molecule has 0 saturated carbocycles. The first-order valence-electron chi connectivity index (χ1n) is 2.26. The molecular formula is C4H7BeNO3. The molecule has 1 fully saturated rings. The van der Waals surface area contributed by atoms with E-state index in [4.69, 9.17) is 5.21 Å². The first-order chi connectivity index (χ1) is 3.72. The first-order valence-corrected chi connectivity index (χ1v) is 2.26. The van der Waals surface area contributed by atoms with Crippen LogP contribution in [-0.4, -0.2) is 32.2 Å². The third kappa shape index (κ3) is 1.34. The van der Waals surface area contributed by atoms with Crippen molar-refractivity contribution in [1.82, 2.24) is 5.06 Å². The van der Waals surface area contributed by atoms with Gasteiger partial charge in [0.15, 0.2) is 0 Å². The first kappa shape index (κ1) is 8.27. The fourth-order valence-electron chi connectivity index (χ4n) is 0.565. The van der Waals surface area contributed by atoms with Crippen LogP contribution in [0.15, 0.2) is 0 Å². The van der Waals surface area contributed by atoms with Gasteiger partial charge in [-0.15, -0.1) is 0 Å². The molecular weight excluding hydrogens is 119 g/mol. The van der Waals surface area contributed by atoms with Crippen molar-refractivity contribution < 1.29 is 14.8 Å². The molecule has 5 heteroatoms. The minimum absolute atomic E-state index is 0. The van der Waals surface area contributed by atoms with Crippen LogP contribution < -0.4 is 0 Å². The predicted molar refractivity (Wildman–Crippen MR) is 31.4 cm³/mol. The Kier molecular flexibility index (Phi) is 2.49. The van der Waals surface area contributed by atoms with Crippen LogP contribution in [-0.2, 0) is 9.59 Å². The number of hydrogen-bond donors (Lipinski definition) is 1. The molecule has 1 saturated heterocycles. The number of hydrogen-bond acceptors (Lipinski definition) is 3. The minimum atomic E-state index is -0.505. The van der Waals surface area contributed by atoms with E-state index in [1.54, 1.807) is 0 Å². The summed E-state index contributed by atoms with van der Waals surface area (Å²) in [5.74, 6) is -1.01. The van der Waals surface area contributed by atoms with E-state index >= 15 is 0 Å². The van der Waals surface area contributed by atoms with Gasteiger partial charge in [0, 0.05) is 12.8 Å². The number of imide groups is 1. The van der Waals surface area contributed by atoms with Crippen molar-refractivity contribution in [1.29, 1.82) is 0 Å². The van der Waals surface area contributed by atoms with Crippen LogP contribution in [0.4, 0.5) is 0 Å². The standard InChI is InChI=1S/C4H5NO3.Be.2H/c6-3-1-2-4(7)5(3)8;;;/h8H,1-2H2;;;. The Bertz CT molecular complexity index is 131. The molecule has 1 heterocycles. The Morgan fingerprint density at radius 2 is 1.56 bits per heavy atom. The molecule has 0 aromatic heterocycles. The number of carbonyl (C=O) groups is 2. The van der Waals surface area contributed by atoms with Gasteiger partial charge in [0.05, 0.1) is 0 Å². The van der Waals surface area contributed by atoms with Crippen LogP contribution in [0.5, 0.6) is 0 Å². The second kappa shape index (κ2) is 2.71. The van der Waals surface area contributed by atoms with Crippen molar-refractivity contribution in [3.05, 3.63) is 0 Å². The van der Waals surface area contributed by atoms with Gasteiger partial charge < -0.3 is 0 Å². The van der Waals surface area contributed by atoms with Gasteiger partial charge >= 0.3 is 10.1 Å². The summed E-state index contributed by atoms with van der Waals surface area (Å²) in [4.78, 5) is 20.5. The molecule has 0 spiro atoms. The quantitative estimate of drug-likeness (QED) is 0.247. The molecule has 1 aliphatic rings. The summed E-state index contributed by atoms with van der Waals surface area (Å²) >= 11 is 0. The van der Waals surface area contributed by atoms with Crippen molar-refractivity contribution in [2.75, 3.05) is 0 Å². The molecule has 0 aromatic carbocycles. The molecule has 2 amide bonds. The monoisotopic (exact) mass is 126 g/mol. The topological polar surface area (TPSA) is 57.6 Å². The predicted octanol–water partition coefficient (Wildman–Crippen LogP) is -1.39. The van der Waals surface area contributed by atoms with Crippen LogP contribution in [0.25, 0.3) is 0 Å². The third-order valence-corrected chi connectivity index (χ3v) is 1.03. The van der Waals surface area contributed by atoms with Crippen LogP contribution in [0.2, 0.25) is 0 Å². The number of rotatable bonds is 0. The maximum atomic E-state index is 10.2. The SMILES string of the molecule is O=C1CCC(=O)N1O.[BeH2]. The zero-order valence-electron chi connectivity index (χ0n) is 4.13. The summed E-state index contributed by atoms with van der Waals surface area (Å²) in [6.45, 7) is 0. The summed E-state index contributed by atoms with van der Waals surface area (Å²) in [6, 6.07) is 0. The van der Waals surface area contributed by atoms with Gasteiger partial charge in [-0.2, -0.15) is 5.06 Å². The van der Waals surface area contributed by atoms with E-state index in [0.29, 0.717) is 0 Å². The van der Waals surface area contributed by atoms with E-state index in [9.17, 15) is 9.59 Å². The second-order valence-corrected chi connectivity index (χ2v) is 1.60. The van der Waals surface area contributed by atoms with Crippen LogP contribution in [0.3, 0.4) is 0 Å². The van der Waals surface area contributed by atoms with Gasteiger partial charge in [0.1, 0.15) is 0 Å². The summed E-state index contributed by atoms with van der Waals surface area (Å²) in [5.41, 5.74) is 0. The Morgan fingerprint density at radius 1 is 1.22 bits per heavy atom. The van der Waals surface area contributed by atoms with Crippen molar-refractivity contribution in [2.24, 2.45) is 0 Å². The number of carbonyl (C=O) groups excluding carboxylic acids is 2. The van der Waals surface area contributed by atoms with E-state index in [1.165, 1.54) is 0 Å². The molecule has 0 atom stereocenters. The van der Waals surface area contributed by atoms with Gasteiger partial charge in [-0.3, -0.25) is 14.8 Å². The number of nitrogens with zero attached hydrogens (tertiary/aromatic N) is 1. The molecule has 4 nitrogen and oxygen atoms in total. The van der Waals surface area contributed by atoms with Gasteiger partial charge in [0.25, 0.3) is 11.8 Å². The van der Waals surface area contributed by atoms with Gasteiger partial charge in [-0.25, -0.2) is 0 Å². The van der Waals surface area contributed by atoms with Gasteiger partial charge in [0.2, 0.25) is 0 Å². The van der Waals surface area contributed by atoms with Crippen LogP contribution in [0, 0.1) is 0 Å². The fraction of sp³-hybridized carbons (Fsp3) is 0.500. The Hall–Kier alpha value is -0.731. The average molecular weight is 126 g/mol. The van der Waals surface area contributed by atoms with E-state index in [2.05, 4.69) is 0 Å². The molecule has 1 rings (SSSR count). The van der Waals surface area contributed by atoms with Crippen molar-refractivity contribution in [3.63, 3.8) is 0 Å². The molecule has 48 valence electrons. The summed E-state index contributed by atoms with van der Waals surface area (Å²) in [5, 5.41) is 8.57. The Balaban J connectivity index is 0.000000640. The molecule has 0 unspecified atom stereocenters. The normalized spacial score (nSPS) is 18.1. The summed E-state index contributed by atoms with van der Waals surface area (Å²) < 4.78 is 0. The molecule has 0 aliphatic carbocycles. The average Bonchev–Trinajstić information content (AvgIpc) is 1.98. The molecule has 0 aromatic rings. The maximum absolute atomic E-state index is 10.2. The van der Waals surface area contributed by atoms with Crippen LogP contribution >= 0.6 is 0 Å². The molecule has 9 heavy (non-hydrogen) atoms. The third-order valence-electron chi connectivity index (χ3n) is 1.03. The molecule has 1 aliphatic heterocycles. The molecule has 0 radical (unpaired) electrons. The summed E-state index contributed by atoms with van der Waals surface area (Å²) in [7, 11) is 0. The molecule has 1 N–H and O–H groups in total. The molecule has 0 bridgehead atoms. The van der Waals surface area contributed by atoms with Crippen molar-refractivity contribution >= 4 is 21.9 Å². The van der Waals surface area contributed by atoms with Crippen LogP contribution in [0.1, 0.15) is 12.8 Å². The fourth-order valence-corrected chi connectivity index (χ4v) is 0.565.